The predicted octanol–water partition coefficient (Wildman–Crippen LogP) is 4.85. The van der Waals surface area contributed by atoms with E-state index in [0.717, 1.165) is 23.5 Å². The molecule has 0 spiro atoms. The summed E-state index contributed by atoms with van der Waals surface area (Å²) >= 11 is 0.914. The number of thiazole rings is 1. The third-order valence-corrected chi connectivity index (χ3v) is 7.31. The molecule has 3 aromatic heterocycles. The SMILES string of the molecule is CCNC(=O)c1cc2c(-c3sc(C(C)(C)O)nc3OC(F)(F)c3c(C)cc(F)cc3C)cn(C)c(=O)c2[nH]1. The normalized spacial score (nSPS) is 12.3. The lowest BCUT2D eigenvalue weighted by molar-refractivity contribution is -0.188. The van der Waals surface area contributed by atoms with E-state index in [-0.39, 0.29) is 32.2 Å². The highest BCUT2D eigenvalue weighted by Crippen LogP contribution is 2.45. The van der Waals surface area contributed by atoms with Crippen LogP contribution in [0.5, 0.6) is 5.88 Å². The number of amides is 1. The first-order valence-electron chi connectivity index (χ1n) is 11.7. The van der Waals surface area contributed by atoms with E-state index < -0.39 is 40.4 Å². The molecule has 1 aromatic carbocycles. The molecule has 0 aliphatic heterocycles. The number of pyridine rings is 1. The molecule has 38 heavy (non-hydrogen) atoms. The van der Waals surface area contributed by atoms with Crippen LogP contribution in [-0.2, 0) is 18.8 Å². The summed E-state index contributed by atoms with van der Waals surface area (Å²) in [4.78, 5) is 32.4. The Kier molecular flexibility index (Phi) is 6.91. The molecule has 0 unspecified atom stereocenters. The monoisotopic (exact) mass is 548 g/mol. The highest BCUT2D eigenvalue weighted by atomic mass is 32.1. The van der Waals surface area contributed by atoms with Gasteiger partial charge < -0.3 is 24.7 Å². The van der Waals surface area contributed by atoms with E-state index in [1.807, 2.05) is 0 Å². The number of nitrogens with zero attached hydrogens (tertiary/aromatic N) is 2. The fourth-order valence-corrected chi connectivity index (χ4v) is 5.26. The fourth-order valence-electron chi connectivity index (χ4n) is 4.24. The summed E-state index contributed by atoms with van der Waals surface area (Å²) in [5.74, 6) is -1.58. The maximum Gasteiger partial charge on any atom is 0.428 e. The smallest absolute Gasteiger partial charge is 0.409 e. The van der Waals surface area contributed by atoms with Gasteiger partial charge in [0.1, 0.15) is 32.5 Å². The standard InChI is InChI=1S/C26H27F3N4O4S/c1-7-30-21(34)17-10-15-16(11-33(6)23(35)19(15)31-17)20-22(32-24(38-20)25(4,5)36)37-26(28,29)18-12(2)8-14(27)9-13(18)3/h8-11,31,36H,7H2,1-6H3,(H,30,34). The van der Waals surface area contributed by atoms with Crippen LogP contribution in [0.25, 0.3) is 21.3 Å². The molecule has 0 saturated heterocycles. The average molecular weight is 549 g/mol. The number of hydrogen-bond acceptors (Lipinski definition) is 6. The van der Waals surface area contributed by atoms with E-state index in [1.165, 1.54) is 51.6 Å². The number of carbonyl (C=O) groups is 1. The Balaban J connectivity index is 1.95. The minimum atomic E-state index is -3.91. The van der Waals surface area contributed by atoms with Crippen LogP contribution in [0.3, 0.4) is 0 Å². The van der Waals surface area contributed by atoms with Crippen LogP contribution in [0.2, 0.25) is 0 Å². The molecule has 0 saturated carbocycles. The van der Waals surface area contributed by atoms with Crippen LogP contribution in [0.15, 0.2) is 29.2 Å². The van der Waals surface area contributed by atoms with Crippen molar-refractivity contribution in [2.24, 2.45) is 7.05 Å². The van der Waals surface area contributed by atoms with E-state index >= 15 is 8.78 Å². The Bertz CT molecular complexity index is 1590. The Morgan fingerprint density at radius 2 is 1.87 bits per heavy atom. The van der Waals surface area contributed by atoms with Crippen molar-refractivity contribution in [3.05, 3.63) is 68.0 Å². The Hall–Kier alpha value is -3.64. The number of halogens is 3. The number of ether oxygens (including phenoxy) is 1. The Morgan fingerprint density at radius 3 is 2.45 bits per heavy atom. The van der Waals surface area contributed by atoms with Crippen molar-refractivity contribution in [3.63, 3.8) is 0 Å². The zero-order valence-corrected chi connectivity index (χ0v) is 22.4. The van der Waals surface area contributed by atoms with Crippen LogP contribution >= 0.6 is 11.3 Å². The third-order valence-electron chi connectivity index (χ3n) is 5.92. The predicted molar refractivity (Wildman–Crippen MR) is 138 cm³/mol. The molecule has 202 valence electrons. The van der Waals surface area contributed by atoms with Gasteiger partial charge in [-0.3, -0.25) is 9.59 Å². The molecule has 0 atom stereocenters. The van der Waals surface area contributed by atoms with Gasteiger partial charge in [0, 0.05) is 30.7 Å². The number of nitrogens with one attached hydrogen (secondary N) is 2. The van der Waals surface area contributed by atoms with Crippen molar-refractivity contribution in [2.45, 2.75) is 46.3 Å². The van der Waals surface area contributed by atoms with Gasteiger partial charge in [0.25, 0.3) is 11.5 Å². The van der Waals surface area contributed by atoms with E-state index in [0.29, 0.717) is 17.5 Å². The number of aryl methyl sites for hydroxylation is 3. The van der Waals surface area contributed by atoms with Crippen LogP contribution in [0, 0.1) is 19.7 Å². The number of aliphatic hydroxyl groups is 1. The summed E-state index contributed by atoms with van der Waals surface area (Å²) < 4.78 is 51.4. The molecule has 8 nitrogen and oxygen atoms in total. The van der Waals surface area contributed by atoms with E-state index in [9.17, 15) is 19.1 Å². The van der Waals surface area contributed by atoms with E-state index in [4.69, 9.17) is 4.74 Å². The molecule has 0 radical (unpaired) electrons. The van der Waals surface area contributed by atoms with Gasteiger partial charge in [-0.05, 0) is 63.9 Å². The van der Waals surface area contributed by atoms with Gasteiger partial charge in [0.15, 0.2) is 0 Å². The summed E-state index contributed by atoms with van der Waals surface area (Å²) in [6.45, 7) is 7.71. The van der Waals surface area contributed by atoms with Crippen LogP contribution in [0.4, 0.5) is 13.2 Å². The lowest BCUT2D eigenvalue weighted by Crippen LogP contribution is -2.25. The molecule has 0 bridgehead atoms. The minimum absolute atomic E-state index is 0.00583. The third kappa shape index (κ3) is 4.93. The molecule has 1 amide bonds. The first-order chi connectivity index (χ1) is 17.6. The molecule has 12 heteroatoms. The largest absolute Gasteiger partial charge is 0.428 e. The van der Waals surface area contributed by atoms with Gasteiger partial charge in [-0.15, -0.1) is 11.3 Å². The van der Waals surface area contributed by atoms with Crippen LogP contribution in [-0.4, -0.2) is 32.1 Å². The highest BCUT2D eigenvalue weighted by Gasteiger charge is 2.40. The number of alkyl halides is 2. The maximum atomic E-state index is 15.6. The number of benzene rings is 1. The van der Waals surface area contributed by atoms with Crippen molar-refractivity contribution in [2.75, 3.05) is 6.54 Å². The van der Waals surface area contributed by atoms with Crippen molar-refractivity contribution < 1.29 is 27.8 Å². The van der Waals surface area contributed by atoms with Gasteiger partial charge in [0.2, 0.25) is 5.88 Å². The van der Waals surface area contributed by atoms with Gasteiger partial charge in [0.05, 0.1) is 5.56 Å². The lowest BCUT2D eigenvalue weighted by atomic mass is 10.0. The van der Waals surface area contributed by atoms with Crippen molar-refractivity contribution in [1.29, 1.82) is 0 Å². The summed E-state index contributed by atoms with van der Waals surface area (Å²) in [6, 6.07) is 3.43. The zero-order chi connectivity index (χ0) is 28.2. The molecule has 0 fully saturated rings. The number of fused-ring (bicyclic) bond motifs is 1. The molecule has 3 heterocycles. The second-order valence-corrected chi connectivity index (χ2v) is 10.5. The van der Waals surface area contributed by atoms with Crippen molar-refractivity contribution in [1.82, 2.24) is 19.9 Å². The van der Waals surface area contributed by atoms with Gasteiger partial charge in [-0.1, -0.05) is 0 Å². The van der Waals surface area contributed by atoms with Crippen LogP contribution in [0.1, 0.15) is 53.0 Å². The Labute approximate surface area is 220 Å². The van der Waals surface area contributed by atoms with E-state index in [1.54, 1.807) is 6.92 Å². The fraction of sp³-hybridized carbons (Fsp3) is 0.346. The highest BCUT2D eigenvalue weighted by molar-refractivity contribution is 7.15. The molecule has 4 aromatic rings. The van der Waals surface area contributed by atoms with E-state index in [2.05, 4.69) is 15.3 Å². The molecule has 3 N–H and O–H groups in total. The second kappa shape index (κ2) is 9.59. The van der Waals surface area contributed by atoms with Gasteiger partial charge in [-0.2, -0.15) is 8.78 Å². The van der Waals surface area contributed by atoms with Gasteiger partial charge >= 0.3 is 6.11 Å². The maximum absolute atomic E-state index is 15.6. The molecule has 0 aliphatic carbocycles. The van der Waals surface area contributed by atoms with Gasteiger partial charge in [-0.25, -0.2) is 9.37 Å². The van der Waals surface area contributed by atoms with Crippen molar-refractivity contribution >= 4 is 28.1 Å². The van der Waals surface area contributed by atoms with Crippen LogP contribution < -0.4 is 15.6 Å². The zero-order valence-electron chi connectivity index (χ0n) is 21.6. The molecular weight excluding hydrogens is 521 g/mol. The summed E-state index contributed by atoms with van der Waals surface area (Å²) in [5.41, 5.74) is -1.95. The Morgan fingerprint density at radius 1 is 1.24 bits per heavy atom. The molecule has 4 rings (SSSR count). The first-order valence-corrected chi connectivity index (χ1v) is 12.5. The second-order valence-electron chi connectivity index (χ2n) is 9.54. The summed E-state index contributed by atoms with van der Waals surface area (Å²) in [6.07, 6.45) is -2.48. The average Bonchev–Trinajstić information content (AvgIpc) is 3.40. The molecule has 0 aliphatic rings. The molecular formula is C26H27F3N4O4S. The minimum Gasteiger partial charge on any atom is -0.409 e. The quantitative estimate of drug-likeness (QED) is 0.306. The summed E-state index contributed by atoms with van der Waals surface area (Å²) in [7, 11) is 1.48. The number of rotatable bonds is 7. The number of carbonyl (C=O) groups excluding carboxylic acids is 1. The first kappa shape index (κ1) is 27.4. The number of H-pyrrole nitrogens is 1. The topological polar surface area (TPSA) is 109 Å². The summed E-state index contributed by atoms with van der Waals surface area (Å²) in [5, 5.41) is 13.6. The number of aromatic nitrogens is 3. The van der Waals surface area contributed by atoms with Crippen molar-refractivity contribution in [3.8, 4) is 16.3 Å². The number of aromatic amines is 1. The lowest BCUT2D eigenvalue weighted by Gasteiger charge is -2.21. The number of hydrogen-bond donors (Lipinski definition) is 3.